The van der Waals surface area contributed by atoms with Gasteiger partial charge in [0.05, 0.1) is 25.2 Å². The number of ether oxygens (including phenoxy) is 3. The lowest BCUT2D eigenvalue weighted by Gasteiger charge is -2.45. The molecule has 35 heavy (non-hydrogen) atoms. The molecule has 198 valence electrons. The normalized spacial score (nSPS) is 26.7. The van der Waals surface area contributed by atoms with E-state index in [0.717, 1.165) is 5.01 Å². The summed E-state index contributed by atoms with van der Waals surface area (Å²) in [7, 11) is 0. The third-order valence-corrected chi connectivity index (χ3v) is 6.03. The van der Waals surface area contributed by atoms with E-state index in [1.807, 2.05) is 0 Å². The zero-order valence-electron chi connectivity index (χ0n) is 21.5. The van der Waals surface area contributed by atoms with E-state index in [1.54, 1.807) is 34.6 Å². The third-order valence-electron chi connectivity index (χ3n) is 6.03. The first-order valence-corrected chi connectivity index (χ1v) is 12.0. The highest BCUT2D eigenvalue weighted by atomic mass is 16.6. The van der Waals surface area contributed by atoms with Gasteiger partial charge in [0.1, 0.15) is 5.60 Å². The number of rotatable bonds is 7. The molecule has 2 aliphatic carbocycles. The Labute approximate surface area is 205 Å². The maximum Gasteiger partial charge on any atom is 0.428 e. The number of nitrogens with zero attached hydrogens (tertiary/aromatic N) is 2. The summed E-state index contributed by atoms with van der Waals surface area (Å²) in [6.07, 6.45) is -2.75. The summed E-state index contributed by atoms with van der Waals surface area (Å²) in [4.78, 5) is 65.1. The van der Waals surface area contributed by atoms with Gasteiger partial charge >= 0.3 is 18.0 Å². The number of fused-ring (bicyclic) bond motifs is 1. The second-order valence-electron chi connectivity index (χ2n) is 9.53. The van der Waals surface area contributed by atoms with Crippen LogP contribution in [-0.4, -0.2) is 75.5 Å². The minimum atomic E-state index is -1.93. The van der Waals surface area contributed by atoms with Crippen molar-refractivity contribution in [1.82, 2.24) is 15.6 Å². The molecular weight excluding hydrogens is 462 g/mol. The van der Waals surface area contributed by atoms with E-state index in [4.69, 9.17) is 14.2 Å². The van der Waals surface area contributed by atoms with Gasteiger partial charge in [0.25, 0.3) is 5.91 Å². The predicted molar refractivity (Wildman–Crippen MR) is 121 cm³/mol. The molecule has 2 saturated carbocycles. The van der Waals surface area contributed by atoms with Crippen LogP contribution >= 0.6 is 0 Å². The highest BCUT2D eigenvalue weighted by Gasteiger charge is 2.79. The van der Waals surface area contributed by atoms with Crippen molar-refractivity contribution in [3.63, 3.8) is 0 Å². The summed E-state index contributed by atoms with van der Waals surface area (Å²) in [5.41, 5.74) is -0.556. The minimum absolute atomic E-state index is 0.0481. The lowest BCUT2D eigenvalue weighted by molar-refractivity contribution is -0.202. The lowest BCUT2D eigenvalue weighted by Crippen LogP contribution is -2.70. The Morgan fingerprint density at radius 3 is 2.03 bits per heavy atom. The summed E-state index contributed by atoms with van der Waals surface area (Å²) in [6.45, 7) is 11.2. The Balaban J connectivity index is 2.64. The van der Waals surface area contributed by atoms with Gasteiger partial charge in [-0.25, -0.2) is 20.0 Å². The van der Waals surface area contributed by atoms with Gasteiger partial charge < -0.3 is 19.3 Å². The number of aliphatic hydroxyl groups excluding tert-OH is 1. The Morgan fingerprint density at radius 2 is 1.54 bits per heavy atom. The van der Waals surface area contributed by atoms with Crippen LogP contribution in [0.15, 0.2) is 0 Å². The van der Waals surface area contributed by atoms with Crippen molar-refractivity contribution in [2.45, 2.75) is 85.0 Å². The Morgan fingerprint density at radius 1 is 0.971 bits per heavy atom. The molecule has 0 radical (unpaired) electrons. The first kappa shape index (κ1) is 28.3. The van der Waals surface area contributed by atoms with Crippen molar-refractivity contribution in [1.29, 1.82) is 0 Å². The Kier molecular flexibility index (Phi) is 8.75. The minimum Gasteiger partial charge on any atom is -0.466 e. The van der Waals surface area contributed by atoms with Crippen LogP contribution in [0.3, 0.4) is 0 Å². The van der Waals surface area contributed by atoms with Gasteiger partial charge in [0.15, 0.2) is 5.54 Å². The molecule has 0 saturated heterocycles. The van der Waals surface area contributed by atoms with E-state index in [0.29, 0.717) is 5.12 Å². The van der Waals surface area contributed by atoms with Crippen molar-refractivity contribution in [2.24, 2.45) is 17.8 Å². The number of hydrazine groups is 2. The standard InChI is InChI=1S/C23H37N3O9/c1-8-14(28)25(26(15(29)9-2)24-21(32)35-22(5,6)7)23(20(31)34-11-4)12-13(27)16-17(18(16)23)19(30)33-10-3/h13,16-18,27H,8-12H2,1-7H3,(H,24,32). The van der Waals surface area contributed by atoms with Crippen molar-refractivity contribution < 1.29 is 43.3 Å². The highest BCUT2D eigenvalue weighted by molar-refractivity contribution is 5.93. The van der Waals surface area contributed by atoms with E-state index in [-0.39, 0.29) is 32.5 Å². The van der Waals surface area contributed by atoms with Gasteiger partial charge in [0, 0.05) is 31.1 Å². The van der Waals surface area contributed by atoms with Crippen LogP contribution in [0.25, 0.3) is 0 Å². The smallest absolute Gasteiger partial charge is 0.428 e. The molecular formula is C23H37N3O9. The Hall–Kier alpha value is -2.89. The summed E-state index contributed by atoms with van der Waals surface area (Å²) in [5.74, 6) is -5.35. The molecule has 0 bridgehead atoms. The van der Waals surface area contributed by atoms with Crippen molar-refractivity contribution >= 4 is 29.8 Å². The molecule has 5 unspecified atom stereocenters. The SMILES string of the molecule is CCOC(=O)C1C2C(O)CC(C(=O)OCC)(N(C(=O)CC)N(NC(=O)OC(C)(C)C)C(=O)CC)C12. The van der Waals surface area contributed by atoms with Gasteiger partial charge in [-0.2, -0.15) is 0 Å². The maximum absolute atomic E-state index is 13.5. The topological polar surface area (TPSA) is 152 Å². The highest BCUT2D eigenvalue weighted by Crippen LogP contribution is 2.65. The fraction of sp³-hybridized carbons (Fsp3) is 0.783. The number of carbonyl (C=O) groups is 5. The van der Waals surface area contributed by atoms with Gasteiger partial charge in [-0.15, -0.1) is 5.12 Å². The average Bonchev–Trinajstić information content (AvgIpc) is 3.45. The zero-order valence-corrected chi connectivity index (χ0v) is 21.5. The molecule has 0 aromatic rings. The first-order valence-electron chi connectivity index (χ1n) is 12.0. The van der Waals surface area contributed by atoms with Crippen molar-refractivity contribution in [2.75, 3.05) is 13.2 Å². The monoisotopic (exact) mass is 499 g/mol. The number of aliphatic hydroxyl groups is 1. The average molecular weight is 500 g/mol. The lowest BCUT2D eigenvalue weighted by atomic mass is 9.88. The van der Waals surface area contributed by atoms with E-state index in [9.17, 15) is 29.1 Å². The van der Waals surface area contributed by atoms with Crippen LogP contribution in [0, 0.1) is 17.8 Å². The summed E-state index contributed by atoms with van der Waals surface area (Å²) < 4.78 is 15.7. The fourth-order valence-electron chi connectivity index (χ4n) is 4.77. The number of nitrogens with one attached hydrogen (secondary N) is 1. The molecule has 0 aromatic carbocycles. The third kappa shape index (κ3) is 5.52. The van der Waals surface area contributed by atoms with Crippen LogP contribution < -0.4 is 5.43 Å². The first-order chi connectivity index (χ1) is 16.3. The van der Waals surface area contributed by atoms with E-state index in [1.165, 1.54) is 13.8 Å². The molecule has 0 heterocycles. The van der Waals surface area contributed by atoms with Crippen LogP contribution in [-0.2, 0) is 33.4 Å². The van der Waals surface area contributed by atoms with Gasteiger partial charge in [-0.05, 0) is 34.6 Å². The molecule has 12 nitrogen and oxygen atoms in total. The second-order valence-corrected chi connectivity index (χ2v) is 9.53. The molecule has 2 fully saturated rings. The Bertz CT molecular complexity index is 856. The largest absolute Gasteiger partial charge is 0.466 e. The maximum atomic E-state index is 13.5. The van der Waals surface area contributed by atoms with Crippen LogP contribution in [0.2, 0.25) is 0 Å². The van der Waals surface area contributed by atoms with E-state index >= 15 is 0 Å². The number of hydrogen-bond donors (Lipinski definition) is 2. The molecule has 2 N–H and O–H groups in total. The molecule has 0 spiro atoms. The summed E-state index contributed by atoms with van der Waals surface area (Å²) in [5, 5.41) is 12.3. The van der Waals surface area contributed by atoms with Gasteiger partial charge in [-0.3, -0.25) is 14.4 Å². The molecule has 0 aromatic heterocycles. The number of amides is 3. The second kappa shape index (κ2) is 10.8. The zero-order chi connectivity index (χ0) is 26.7. The quantitative estimate of drug-likeness (QED) is 0.300. The molecule has 0 aliphatic heterocycles. The molecule has 3 amide bonds. The summed E-state index contributed by atoms with van der Waals surface area (Å²) >= 11 is 0. The van der Waals surface area contributed by atoms with Crippen molar-refractivity contribution in [3.05, 3.63) is 0 Å². The van der Waals surface area contributed by atoms with E-state index < -0.39 is 64.8 Å². The van der Waals surface area contributed by atoms with Crippen LogP contribution in [0.5, 0.6) is 0 Å². The van der Waals surface area contributed by atoms with Gasteiger partial charge in [0.2, 0.25) is 5.91 Å². The molecule has 5 atom stereocenters. The molecule has 12 heteroatoms. The van der Waals surface area contributed by atoms with Crippen LogP contribution in [0.4, 0.5) is 4.79 Å². The molecule has 2 aliphatic rings. The van der Waals surface area contributed by atoms with Crippen LogP contribution in [0.1, 0.15) is 67.7 Å². The van der Waals surface area contributed by atoms with E-state index in [2.05, 4.69) is 5.43 Å². The van der Waals surface area contributed by atoms with Crippen molar-refractivity contribution in [3.8, 4) is 0 Å². The summed E-state index contributed by atoms with van der Waals surface area (Å²) in [6, 6.07) is 0. The van der Waals surface area contributed by atoms with Gasteiger partial charge in [-0.1, -0.05) is 13.8 Å². The number of hydrogen-bond acceptors (Lipinski definition) is 9. The fourth-order valence-corrected chi connectivity index (χ4v) is 4.77. The number of carbonyl (C=O) groups excluding carboxylic acids is 5. The number of esters is 2. The molecule has 2 rings (SSSR count). The predicted octanol–water partition coefficient (Wildman–Crippen LogP) is 1.31.